The van der Waals surface area contributed by atoms with Gasteiger partial charge < -0.3 is 5.32 Å². The normalized spacial score (nSPS) is 33.4. The van der Waals surface area contributed by atoms with Crippen molar-refractivity contribution in [3.8, 4) is 0 Å². The average molecular weight is 353 g/mol. The van der Waals surface area contributed by atoms with E-state index in [4.69, 9.17) is 0 Å². The Hall–Kier alpha value is -0.510. The Kier molecular flexibility index (Phi) is 3.39. The monoisotopic (exact) mass is 353 g/mol. The summed E-state index contributed by atoms with van der Waals surface area (Å²) in [4.78, 5) is 0. The minimum absolute atomic E-state index is 0.359. The molecular formula is C16H20IN. The lowest BCUT2D eigenvalue weighted by atomic mass is 9.62. The molecule has 3 rings (SSSR count). The second-order valence-electron chi connectivity index (χ2n) is 5.47. The third-order valence-corrected chi connectivity index (χ3v) is 6.15. The molecule has 1 aromatic rings. The number of hydrogen-bond donors (Lipinski definition) is 1. The summed E-state index contributed by atoms with van der Waals surface area (Å²) >= 11 is 2.59. The minimum Gasteiger partial charge on any atom is -0.378 e. The van der Waals surface area contributed by atoms with Gasteiger partial charge in [0.15, 0.2) is 0 Å². The summed E-state index contributed by atoms with van der Waals surface area (Å²) in [6.07, 6.45) is 8.53. The molecule has 3 atom stereocenters. The molecule has 0 saturated carbocycles. The molecular weight excluding hydrogens is 333 g/mol. The van der Waals surface area contributed by atoms with Crippen molar-refractivity contribution in [3.05, 3.63) is 42.0 Å². The van der Waals surface area contributed by atoms with E-state index >= 15 is 0 Å². The molecule has 1 N–H and O–H groups in total. The molecule has 2 heteroatoms. The summed E-state index contributed by atoms with van der Waals surface area (Å²) in [6.45, 7) is 2.36. The van der Waals surface area contributed by atoms with Crippen LogP contribution < -0.4 is 5.32 Å². The van der Waals surface area contributed by atoms with E-state index in [1.165, 1.54) is 29.4 Å². The molecule has 0 saturated heterocycles. The SMILES string of the molecule is CCC1(CI)c2ccccc2NC2C=CCCC21. The Morgan fingerprint density at radius 3 is 3.00 bits per heavy atom. The number of anilines is 1. The second kappa shape index (κ2) is 4.87. The highest BCUT2D eigenvalue weighted by atomic mass is 127. The molecule has 3 unspecified atom stereocenters. The first-order chi connectivity index (χ1) is 8.81. The van der Waals surface area contributed by atoms with Crippen molar-refractivity contribution in [2.24, 2.45) is 5.92 Å². The van der Waals surface area contributed by atoms with Crippen LogP contribution in [0.4, 0.5) is 5.69 Å². The molecule has 1 aromatic carbocycles. The van der Waals surface area contributed by atoms with Crippen LogP contribution in [0.15, 0.2) is 36.4 Å². The van der Waals surface area contributed by atoms with Gasteiger partial charge in [-0.2, -0.15) is 0 Å². The van der Waals surface area contributed by atoms with E-state index in [1.54, 1.807) is 5.56 Å². The minimum atomic E-state index is 0.359. The molecule has 2 aliphatic rings. The highest BCUT2D eigenvalue weighted by molar-refractivity contribution is 14.1. The summed E-state index contributed by atoms with van der Waals surface area (Å²) in [7, 11) is 0. The molecule has 1 nitrogen and oxygen atoms in total. The number of alkyl halides is 1. The van der Waals surface area contributed by atoms with Gasteiger partial charge in [0.05, 0.1) is 0 Å². The number of nitrogens with one attached hydrogen (secondary N) is 1. The Labute approximate surface area is 123 Å². The quantitative estimate of drug-likeness (QED) is 0.468. The first-order valence-corrected chi connectivity index (χ1v) is 8.43. The number of hydrogen-bond acceptors (Lipinski definition) is 1. The van der Waals surface area contributed by atoms with Crippen LogP contribution in [-0.2, 0) is 5.41 Å². The number of para-hydroxylation sites is 1. The van der Waals surface area contributed by atoms with Gasteiger partial charge in [0.25, 0.3) is 0 Å². The highest BCUT2D eigenvalue weighted by Crippen LogP contribution is 2.49. The molecule has 1 aliphatic carbocycles. The van der Waals surface area contributed by atoms with Gasteiger partial charge in [-0.25, -0.2) is 0 Å². The van der Waals surface area contributed by atoms with Crippen LogP contribution in [0, 0.1) is 5.92 Å². The Morgan fingerprint density at radius 1 is 1.39 bits per heavy atom. The van der Waals surface area contributed by atoms with Gasteiger partial charge in [0, 0.05) is 21.6 Å². The summed E-state index contributed by atoms with van der Waals surface area (Å²) in [5.74, 6) is 0.749. The Bertz CT molecular complexity index is 462. The van der Waals surface area contributed by atoms with Gasteiger partial charge in [0.1, 0.15) is 0 Å². The number of fused-ring (bicyclic) bond motifs is 2. The van der Waals surface area contributed by atoms with Crippen molar-refractivity contribution in [1.29, 1.82) is 0 Å². The standard InChI is InChI=1S/C16H20IN/c1-2-16(11-17)12-7-3-5-9-14(12)18-15-10-6-4-8-13(15)16/h3,5-7,9-10,13,15,18H,2,4,8,11H2,1H3. The van der Waals surface area contributed by atoms with Gasteiger partial charge in [-0.3, -0.25) is 0 Å². The van der Waals surface area contributed by atoms with Crippen LogP contribution in [0.5, 0.6) is 0 Å². The zero-order valence-electron chi connectivity index (χ0n) is 10.8. The summed E-state index contributed by atoms with van der Waals surface area (Å²) in [5, 5.41) is 3.73. The van der Waals surface area contributed by atoms with Crippen molar-refractivity contribution in [1.82, 2.24) is 0 Å². The molecule has 0 fully saturated rings. The van der Waals surface area contributed by atoms with Crippen LogP contribution in [0.1, 0.15) is 31.7 Å². The van der Waals surface area contributed by atoms with Crippen molar-refractivity contribution < 1.29 is 0 Å². The fraction of sp³-hybridized carbons (Fsp3) is 0.500. The first kappa shape index (κ1) is 12.5. The van der Waals surface area contributed by atoms with Crippen LogP contribution in [0.2, 0.25) is 0 Å². The second-order valence-corrected chi connectivity index (χ2v) is 6.23. The number of benzene rings is 1. The largest absolute Gasteiger partial charge is 0.378 e. The zero-order valence-corrected chi connectivity index (χ0v) is 13.0. The van der Waals surface area contributed by atoms with Gasteiger partial charge in [-0.15, -0.1) is 0 Å². The molecule has 0 amide bonds. The fourth-order valence-electron chi connectivity index (χ4n) is 3.74. The van der Waals surface area contributed by atoms with E-state index in [9.17, 15) is 0 Å². The van der Waals surface area contributed by atoms with Gasteiger partial charge in [-0.05, 0) is 36.8 Å². The molecule has 18 heavy (non-hydrogen) atoms. The Balaban J connectivity index is 2.15. The van der Waals surface area contributed by atoms with E-state index in [0.29, 0.717) is 11.5 Å². The lowest BCUT2D eigenvalue weighted by Gasteiger charge is -2.49. The predicted molar refractivity (Wildman–Crippen MR) is 86.6 cm³/mol. The van der Waals surface area contributed by atoms with Gasteiger partial charge >= 0.3 is 0 Å². The van der Waals surface area contributed by atoms with Crippen LogP contribution in [-0.4, -0.2) is 10.5 Å². The third kappa shape index (κ3) is 1.72. The van der Waals surface area contributed by atoms with Crippen molar-refractivity contribution in [2.75, 3.05) is 9.74 Å². The molecule has 1 aliphatic heterocycles. The van der Waals surface area contributed by atoms with E-state index in [0.717, 1.165) is 5.92 Å². The molecule has 96 valence electrons. The van der Waals surface area contributed by atoms with Crippen molar-refractivity contribution >= 4 is 28.3 Å². The molecule has 0 spiro atoms. The zero-order chi connectivity index (χ0) is 12.6. The lowest BCUT2D eigenvalue weighted by Crippen LogP contribution is -2.50. The molecule has 0 bridgehead atoms. The molecule has 1 heterocycles. The third-order valence-electron chi connectivity index (χ3n) is 4.79. The maximum absolute atomic E-state index is 3.73. The van der Waals surface area contributed by atoms with Gasteiger partial charge in [-0.1, -0.05) is 59.9 Å². The number of rotatable bonds is 2. The smallest absolute Gasteiger partial charge is 0.0481 e. The highest BCUT2D eigenvalue weighted by Gasteiger charge is 2.46. The summed E-state index contributed by atoms with van der Waals surface area (Å²) in [6, 6.07) is 9.44. The van der Waals surface area contributed by atoms with E-state index in [1.807, 2.05) is 0 Å². The van der Waals surface area contributed by atoms with Crippen molar-refractivity contribution in [3.63, 3.8) is 0 Å². The molecule has 0 radical (unpaired) electrons. The van der Waals surface area contributed by atoms with E-state index in [2.05, 4.69) is 71.2 Å². The van der Waals surface area contributed by atoms with Crippen LogP contribution in [0.3, 0.4) is 0 Å². The van der Waals surface area contributed by atoms with Crippen molar-refractivity contribution in [2.45, 2.75) is 37.6 Å². The van der Waals surface area contributed by atoms with E-state index < -0.39 is 0 Å². The van der Waals surface area contributed by atoms with Gasteiger partial charge in [0.2, 0.25) is 0 Å². The summed E-state index contributed by atoms with van der Waals surface area (Å²) in [5.41, 5.74) is 3.25. The molecule has 0 aromatic heterocycles. The Morgan fingerprint density at radius 2 is 2.22 bits per heavy atom. The summed E-state index contributed by atoms with van der Waals surface area (Å²) < 4.78 is 1.22. The van der Waals surface area contributed by atoms with Crippen LogP contribution >= 0.6 is 22.6 Å². The maximum Gasteiger partial charge on any atom is 0.0481 e. The number of allylic oxidation sites excluding steroid dienone is 1. The van der Waals surface area contributed by atoms with E-state index in [-0.39, 0.29) is 0 Å². The average Bonchev–Trinajstić information content (AvgIpc) is 2.45. The van der Waals surface area contributed by atoms with Crippen LogP contribution in [0.25, 0.3) is 0 Å². The number of halogens is 1. The topological polar surface area (TPSA) is 12.0 Å². The predicted octanol–water partition coefficient (Wildman–Crippen LogP) is 4.53. The first-order valence-electron chi connectivity index (χ1n) is 6.90. The lowest BCUT2D eigenvalue weighted by molar-refractivity contribution is 0.246. The fourth-order valence-corrected chi connectivity index (χ4v) is 5.26. The maximum atomic E-state index is 3.73.